The predicted molar refractivity (Wildman–Crippen MR) is 72.1 cm³/mol. The van der Waals surface area contributed by atoms with Crippen LogP contribution in [0.15, 0.2) is 24.3 Å². The van der Waals surface area contributed by atoms with Crippen LogP contribution >= 0.6 is 0 Å². The summed E-state index contributed by atoms with van der Waals surface area (Å²) in [6.07, 6.45) is 0.303. The highest BCUT2D eigenvalue weighted by Crippen LogP contribution is 2.26. The summed E-state index contributed by atoms with van der Waals surface area (Å²) < 4.78 is 13.0. The van der Waals surface area contributed by atoms with Gasteiger partial charge < -0.3 is 21.0 Å². The first-order valence-electron chi connectivity index (χ1n) is 6.40. The van der Waals surface area contributed by atoms with Crippen LogP contribution in [-0.2, 0) is 9.59 Å². The molecule has 5 N–H and O–H groups in total. The zero-order chi connectivity index (χ0) is 15.6. The van der Waals surface area contributed by atoms with Crippen LogP contribution in [-0.4, -0.2) is 40.3 Å². The zero-order valence-corrected chi connectivity index (χ0v) is 11.1. The van der Waals surface area contributed by atoms with Gasteiger partial charge in [0.2, 0.25) is 0 Å². The van der Waals surface area contributed by atoms with Crippen LogP contribution in [0.2, 0.25) is 0 Å². The highest BCUT2D eigenvalue weighted by Gasteiger charge is 2.37. The second-order valence-electron chi connectivity index (χ2n) is 4.94. The Morgan fingerprint density at radius 1 is 1.38 bits per heavy atom. The second kappa shape index (κ2) is 6.06. The standard InChI is InChI=1S/C13H16FN3O4/c14-7-1-3-8(4-2-7)17-9(5-10(15)12(18)19)6-11(16-17)13(20)21/h1-4,9-11,16H,5-6,15H2,(H,18,19)(H,20,21)/t9-,10+,11-/m0/s1. The number of hydrogen-bond donors (Lipinski definition) is 4. The maximum absolute atomic E-state index is 13.0. The van der Waals surface area contributed by atoms with Crippen molar-refractivity contribution < 1.29 is 24.2 Å². The molecule has 0 saturated carbocycles. The molecule has 114 valence electrons. The van der Waals surface area contributed by atoms with Crippen molar-refractivity contribution in [1.82, 2.24) is 5.43 Å². The number of nitrogens with one attached hydrogen (secondary N) is 1. The Kier molecular flexibility index (Phi) is 4.39. The Morgan fingerprint density at radius 2 is 2.00 bits per heavy atom. The Morgan fingerprint density at radius 3 is 2.52 bits per heavy atom. The molecule has 2 rings (SSSR count). The number of nitrogens with zero attached hydrogens (tertiary/aromatic N) is 1. The van der Waals surface area contributed by atoms with Gasteiger partial charge in [0.15, 0.2) is 0 Å². The number of aliphatic carboxylic acids is 2. The Hall–Kier alpha value is -2.19. The van der Waals surface area contributed by atoms with E-state index in [0.717, 1.165) is 0 Å². The van der Waals surface area contributed by atoms with E-state index in [1.807, 2.05) is 0 Å². The highest BCUT2D eigenvalue weighted by molar-refractivity contribution is 5.76. The Bertz CT molecular complexity index is 537. The van der Waals surface area contributed by atoms with E-state index in [1.54, 1.807) is 5.01 Å². The summed E-state index contributed by atoms with van der Waals surface area (Å²) in [5.74, 6) is -2.59. The van der Waals surface area contributed by atoms with Gasteiger partial charge in [-0.1, -0.05) is 0 Å². The van der Waals surface area contributed by atoms with Gasteiger partial charge in [0.25, 0.3) is 0 Å². The number of hydrazine groups is 1. The molecule has 0 aromatic heterocycles. The molecular weight excluding hydrogens is 281 g/mol. The molecule has 0 amide bonds. The third-order valence-corrected chi connectivity index (χ3v) is 3.41. The number of benzene rings is 1. The average Bonchev–Trinajstić information content (AvgIpc) is 2.83. The zero-order valence-electron chi connectivity index (χ0n) is 11.1. The van der Waals surface area contributed by atoms with Gasteiger partial charge in [-0.15, -0.1) is 0 Å². The molecule has 1 aromatic rings. The number of anilines is 1. The molecule has 0 unspecified atom stereocenters. The minimum Gasteiger partial charge on any atom is -0.480 e. The summed E-state index contributed by atoms with van der Waals surface area (Å²) in [4.78, 5) is 22.0. The van der Waals surface area contributed by atoms with E-state index in [1.165, 1.54) is 24.3 Å². The molecule has 0 spiro atoms. The lowest BCUT2D eigenvalue weighted by Gasteiger charge is -2.27. The molecule has 1 fully saturated rings. The van der Waals surface area contributed by atoms with Crippen LogP contribution in [0, 0.1) is 5.82 Å². The molecule has 3 atom stereocenters. The first kappa shape index (κ1) is 15.2. The van der Waals surface area contributed by atoms with Crippen LogP contribution in [0.3, 0.4) is 0 Å². The van der Waals surface area contributed by atoms with Gasteiger partial charge in [0.1, 0.15) is 17.9 Å². The molecular formula is C13H16FN3O4. The van der Waals surface area contributed by atoms with Gasteiger partial charge >= 0.3 is 11.9 Å². The number of carboxylic acid groups (broad SMARTS) is 2. The number of carbonyl (C=O) groups is 2. The van der Waals surface area contributed by atoms with Crippen molar-refractivity contribution in [2.75, 3.05) is 5.01 Å². The topological polar surface area (TPSA) is 116 Å². The number of carboxylic acids is 2. The van der Waals surface area contributed by atoms with E-state index in [9.17, 15) is 14.0 Å². The first-order chi connectivity index (χ1) is 9.88. The third kappa shape index (κ3) is 3.47. The fourth-order valence-electron chi connectivity index (χ4n) is 2.34. The van der Waals surface area contributed by atoms with E-state index in [2.05, 4.69) is 5.43 Å². The van der Waals surface area contributed by atoms with E-state index >= 15 is 0 Å². The van der Waals surface area contributed by atoms with E-state index in [0.29, 0.717) is 5.69 Å². The maximum Gasteiger partial charge on any atom is 0.322 e. The largest absolute Gasteiger partial charge is 0.480 e. The van der Waals surface area contributed by atoms with E-state index in [-0.39, 0.29) is 12.8 Å². The smallest absolute Gasteiger partial charge is 0.322 e. The van der Waals surface area contributed by atoms with Gasteiger partial charge in [0.05, 0.1) is 5.69 Å². The van der Waals surface area contributed by atoms with Gasteiger partial charge in [-0.3, -0.25) is 9.59 Å². The minimum absolute atomic E-state index is 0.0868. The fraction of sp³-hybridized carbons (Fsp3) is 0.385. The maximum atomic E-state index is 13.0. The monoisotopic (exact) mass is 297 g/mol. The van der Waals surface area contributed by atoms with E-state index in [4.69, 9.17) is 15.9 Å². The van der Waals surface area contributed by atoms with Crippen molar-refractivity contribution in [2.24, 2.45) is 5.73 Å². The van der Waals surface area contributed by atoms with Crippen molar-refractivity contribution in [1.29, 1.82) is 0 Å². The number of rotatable bonds is 5. The Labute approximate surface area is 120 Å². The number of hydrogen-bond acceptors (Lipinski definition) is 5. The third-order valence-electron chi connectivity index (χ3n) is 3.41. The van der Waals surface area contributed by atoms with Gasteiger partial charge in [0, 0.05) is 6.04 Å². The lowest BCUT2D eigenvalue weighted by molar-refractivity contribution is -0.139. The molecule has 0 radical (unpaired) electrons. The predicted octanol–water partition coefficient (Wildman–Crippen LogP) is 0.164. The molecule has 0 aliphatic carbocycles. The van der Waals surface area contributed by atoms with Crippen LogP contribution in [0.4, 0.5) is 10.1 Å². The molecule has 7 nitrogen and oxygen atoms in total. The van der Waals surface area contributed by atoms with Gasteiger partial charge in [-0.05, 0) is 37.1 Å². The molecule has 1 aromatic carbocycles. The normalized spacial score (nSPS) is 23.0. The van der Waals surface area contributed by atoms with Crippen molar-refractivity contribution in [3.05, 3.63) is 30.1 Å². The molecule has 1 aliphatic heterocycles. The molecule has 1 saturated heterocycles. The SMILES string of the molecule is N[C@H](C[C@H]1C[C@@H](C(=O)O)NN1c1ccc(F)cc1)C(=O)O. The number of nitrogens with two attached hydrogens (primary N) is 1. The summed E-state index contributed by atoms with van der Waals surface area (Å²) >= 11 is 0. The van der Waals surface area contributed by atoms with Crippen molar-refractivity contribution in [3.63, 3.8) is 0 Å². The van der Waals surface area contributed by atoms with Crippen LogP contribution in [0.25, 0.3) is 0 Å². The van der Waals surface area contributed by atoms with Crippen molar-refractivity contribution >= 4 is 17.6 Å². The quantitative estimate of drug-likeness (QED) is 0.612. The average molecular weight is 297 g/mol. The first-order valence-corrected chi connectivity index (χ1v) is 6.40. The van der Waals surface area contributed by atoms with Crippen molar-refractivity contribution in [2.45, 2.75) is 31.0 Å². The summed E-state index contributed by atoms with van der Waals surface area (Å²) in [7, 11) is 0. The molecule has 0 bridgehead atoms. The lowest BCUT2D eigenvalue weighted by Crippen LogP contribution is -2.44. The second-order valence-corrected chi connectivity index (χ2v) is 4.94. The Balaban J connectivity index is 2.20. The number of halogens is 1. The molecule has 1 aliphatic rings. The van der Waals surface area contributed by atoms with Gasteiger partial charge in [-0.2, -0.15) is 0 Å². The van der Waals surface area contributed by atoms with Crippen LogP contribution in [0.1, 0.15) is 12.8 Å². The summed E-state index contributed by atoms with van der Waals surface area (Å²) in [6, 6.07) is 3.16. The molecule has 1 heterocycles. The molecule has 21 heavy (non-hydrogen) atoms. The van der Waals surface area contributed by atoms with Gasteiger partial charge in [-0.25, -0.2) is 9.82 Å². The minimum atomic E-state index is -1.15. The summed E-state index contributed by atoms with van der Waals surface area (Å²) in [6.45, 7) is 0. The van der Waals surface area contributed by atoms with Crippen LogP contribution < -0.4 is 16.2 Å². The summed E-state index contributed by atoms with van der Waals surface area (Å²) in [5, 5.41) is 19.5. The van der Waals surface area contributed by atoms with E-state index < -0.39 is 35.9 Å². The van der Waals surface area contributed by atoms with Crippen LogP contribution in [0.5, 0.6) is 0 Å². The van der Waals surface area contributed by atoms with Crippen molar-refractivity contribution in [3.8, 4) is 0 Å². The highest BCUT2D eigenvalue weighted by atomic mass is 19.1. The lowest BCUT2D eigenvalue weighted by atomic mass is 10.0. The summed E-state index contributed by atoms with van der Waals surface area (Å²) in [5.41, 5.74) is 8.86. The fourth-order valence-corrected chi connectivity index (χ4v) is 2.34. The molecule has 8 heteroatoms.